The predicted molar refractivity (Wildman–Crippen MR) is 114 cm³/mol. The van der Waals surface area contributed by atoms with E-state index < -0.39 is 0 Å². The van der Waals surface area contributed by atoms with E-state index in [1.54, 1.807) is 14.0 Å². The number of aryl methyl sites for hydroxylation is 1. The molecule has 6 nitrogen and oxygen atoms in total. The fourth-order valence-corrected chi connectivity index (χ4v) is 3.57. The first kappa shape index (κ1) is 21.2. The maximum Gasteiger partial charge on any atom is 0.196 e. The van der Waals surface area contributed by atoms with Crippen LogP contribution in [-0.4, -0.2) is 32.9 Å². The molecule has 0 saturated carbocycles. The summed E-state index contributed by atoms with van der Waals surface area (Å²) in [4.78, 5) is 11.7. The third kappa shape index (κ3) is 5.10. The van der Waals surface area contributed by atoms with Gasteiger partial charge in [-0.2, -0.15) is 0 Å². The first-order chi connectivity index (χ1) is 13.9. The molecule has 3 aromatic rings. The Hall–Kier alpha value is -2.51. The fourth-order valence-electron chi connectivity index (χ4n) is 2.51. The molecule has 1 unspecified atom stereocenters. The summed E-state index contributed by atoms with van der Waals surface area (Å²) in [5.74, 6) is 2.13. The van der Waals surface area contributed by atoms with E-state index in [4.69, 9.17) is 21.1 Å². The zero-order chi connectivity index (χ0) is 21.0. The molecule has 0 spiro atoms. The Morgan fingerprint density at radius 2 is 1.86 bits per heavy atom. The van der Waals surface area contributed by atoms with Gasteiger partial charge < -0.3 is 9.47 Å². The number of carbonyl (C=O) groups is 1. The van der Waals surface area contributed by atoms with Crippen molar-refractivity contribution >= 4 is 29.1 Å². The molecule has 1 atom stereocenters. The molecule has 0 saturated heterocycles. The Labute approximate surface area is 179 Å². The molecule has 0 aliphatic carbocycles. The monoisotopic (exact) mass is 431 g/mol. The SMILES string of the molecule is COc1ccc(OCc2nnc(SC(C)C(C)=O)n2-c2ccc(C)c(Cl)c2)cc1. The lowest BCUT2D eigenvalue weighted by molar-refractivity contribution is -0.116. The number of nitrogens with zero attached hydrogens (tertiary/aromatic N) is 3. The smallest absolute Gasteiger partial charge is 0.196 e. The van der Waals surface area contributed by atoms with Crippen LogP contribution in [0.2, 0.25) is 5.02 Å². The normalized spacial score (nSPS) is 11.9. The van der Waals surface area contributed by atoms with Crippen LogP contribution >= 0.6 is 23.4 Å². The van der Waals surface area contributed by atoms with E-state index in [2.05, 4.69) is 10.2 Å². The molecular weight excluding hydrogens is 410 g/mol. The first-order valence-electron chi connectivity index (χ1n) is 9.04. The summed E-state index contributed by atoms with van der Waals surface area (Å²) in [6, 6.07) is 13.1. The lowest BCUT2D eigenvalue weighted by Crippen LogP contribution is -2.11. The second kappa shape index (κ2) is 9.33. The number of benzene rings is 2. The van der Waals surface area contributed by atoms with Gasteiger partial charge in [-0.15, -0.1) is 10.2 Å². The summed E-state index contributed by atoms with van der Waals surface area (Å²) in [6.45, 7) is 5.57. The van der Waals surface area contributed by atoms with Crippen molar-refractivity contribution in [3.05, 3.63) is 58.9 Å². The number of ketones is 1. The van der Waals surface area contributed by atoms with E-state index in [1.807, 2.05) is 60.9 Å². The number of ether oxygens (including phenoxy) is 2. The van der Waals surface area contributed by atoms with Gasteiger partial charge in [0.1, 0.15) is 23.9 Å². The molecule has 0 amide bonds. The lowest BCUT2D eigenvalue weighted by atomic mass is 10.2. The second-order valence-corrected chi connectivity index (χ2v) is 8.22. The maximum absolute atomic E-state index is 11.7. The number of hydrogen-bond acceptors (Lipinski definition) is 6. The van der Waals surface area contributed by atoms with Gasteiger partial charge in [0.2, 0.25) is 0 Å². The van der Waals surface area contributed by atoms with Crippen LogP contribution in [0, 0.1) is 6.92 Å². The average Bonchev–Trinajstić information content (AvgIpc) is 3.11. The van der Waals surface area contributed by atoms with Crippen molar-refractivity contribution < 1.29 is 14.3 Å². The van der Waals surface area contributed by atoms with Gasteiger partial charge in [-0.1, -0.05) is 29.4 Å². The van der Waals surface area contributed by atoms with Gasteiger partial charge in [0, 0.05) is 5.02 Å². The summed E-state index contributed by atoms with van der Waals surface area (Å²) in [6.07, 6.45) is 0. The highest BCUT2D eigenvalue weighted by atomic mass is 35.5. The molecule has 152 valence electrons. The molecule has 0 aliphatic heterocycles. The van der Waals surface area contributed by atoms with Crippen molar-refractivity contribution in [3.8, 4) is 17.2 Å². The highest BCUT2D eigenvalue weighted by molar-refractivity contribution is 8.00. The van der Waals surface area contributed by atoms with Crippen molar-refractivity contribution in [3.63, 3.8) is 0 Å². The molecular formula is C21H22ClN3O3S. The minimum atomic E-state index is -0.241. The minimum absolute atomic E-state index is 0.0718. The van der Waals surface area contributed by atoms with Crippen LogP contribution in [0.4, 0.5) is 0 Å². The number of hydrogen-bond donors (Lipinski definition) is 0. The van der Waals surface area contributed by atoms with E-state index in [0.29, 0.717) is 21.8 Å². The zero-order valence-electron chi connectivity index (χ0n) is 16.7. The Balaban J connectivity index is 1.91. The second-order valence-electron chi connectivity index (χ2n) is 6.50. The third-order valence-corrected chi connectivity index (χ3v) is 5.96. The zero-order valence-corrected chi connectivity index (χ0v) is 18.3. The molecule has 3 rings (SSSR count). The van der Waals surface area contributed by atoms with Crippen LogP contribution < -0.4 is 9.47 Å². The average molecular weight is 432 g/mol. The molecule has 1 aromatic heterocycles. The highest BCUT2D eigenvalue weighted by Crippen LogP contribution is 2.29. The minimum Gasteiger partial charge on any atom is -0.497 e. The van der Waals surface area contributed by atoms with E-state index >= 15 is 0 Å². The lowest BCUT2D eigenvalue weighted by Gasteiger charge is -2.13. The van der Waals surface area contributed by atoms with Gasteiger partial charge in [0.25, 0.3) is 0 Å². The van der Waals surface area contributed by atoms with Crippen molar-refractivity contribution in [2.75, 3.05) is 7.11 Å². The van der Waals surface area contributed by atoms with Crippen molar-refractivity contribution in [2.45, 2.75) is 37.8 Å². The maximum atomic E-state index is 11.7. The highest BCUT2D eigenvalue weighted by Gasteiger charge is 2.20. The van der Waals surface area contributed by atoms with Gasteiger partial charge >= 0.3 is 0 Å². The number of carbonyl (C=O) groups excluding carboxylic acids is 1. The number of Topliss-reactive ketones (excluding diaryl/α,β-unsaturated/α-hetero) is 1. The summed E-state index contributed by atoms with van der Waals surface area (Å²) < 4.78 is 12.9. The topological polar surface area (TPSA) is 66.2 Å². The van der Waals surface area contributed by atoms with Crippen molar-refractivity contribution in [1.29, 1.82) is 0 Å². The van der Waals surface area contributed by atoms with Crippen LogP contribution in [0.3, 0.4) is 0 Å². The first-order valence-corrected chi connectivity index (χ1v) is 10.3. The van der Waals surface area contributed by atoms with E-state index in [1.165, 1.54) is 11.8 Å². The molecule has 8 heteroatoms. The summed E-state index contributed by atoms with van der Waals surface area (Å²) in [5.41, 5.74) is 1.79. The molecule has 0 aliphatic rings. The summed E-state index contributed by atoms with van der Waals surface area (Å²) in [5, 5.41) is 9.60. The van der Waals surface area contributed by atoms with Gasteiger partial charge in [0.15, 0.2) is 11.0 Å². The molecule has 0 radical (unpaired) electrons. The van der Waals surface area contributed by atoms with E-state index in [-0.39, 0.29) is 17.6 Å². The summed E-state index contributed by atoms with van der Waals surface area (Å²) in [7, 11) is 1.62. The molecule has 2 aromatic carbocycles. The molecule has 0 fully saturated rings. The predicted octanol–water partition coefficient (Wildman–Crippen LogP) is 4.89. The molecule has 1 heterocycles. The number of thioether (sulfide) groups is 1. The standard InChI is InChI=1S/C21H22ClN3O3S/c1-13-5-6-16(11-19(13)22)25-20(23-24-21(25)29-15(3)14(2)26)12-28-18-9-7-17(27-4)8-10-18/h5-11,15H,12H2,1-4H3. The van der Waals surface area contributed by atoms with Crippen LogP contribution in [0.15, 0.2) is 47.6 Å². The van der Waals surface area contributed by atoms with Crippen LogP contribution in [0.25, 0.3) is 5.69 Å². The van der Waals surface area contributed by atoms with E-state index in [0.717, 1.165) is 17.0 Å². The third-order valence-electron chi connectivity index (χ3n) is 4.40. The van der Waals surface area contributed by atoms with E-state index in [9.17, 15) is 4.79 Å². The number of halogens is 1. The number of aromatic nitrogens is 3. The Kier molecular flexibility index (Phi) is 6.82. The van der Waals surface area contributed by atoms with Crippen molar-refractivity contribution in [2.24, 2.45) is 0 Å². The van der Waals surface area contributed by atoms with Gasteiger partial charge in [0.05, 0.1) is 18.0 Å². The Bertz CT molecular complexity index is 1000. The number of methoxy groups -OCH3 is 1. The Morgan fingerprint density at radius 1 is 1.17 bits per heavy atom. The van der Waals surface area contributed by atoms with Crippen LogP contribution in [0.5, 0.6) is 11.5 Å². The molecule has 0 N–H and O–H groups in total. The van der Waals surface area contributed by atoms with Gasteiger partial charge in [-0.25, -0.2) is 0 Å². The molecule has 0 bridgehead atoms. The Morgan fingerprint density at radius 3 is 2.48 bits per heavy atom. The van der Waals surface area contributed by atoms with Crippen molar-refractivity contribution in [1.82, 2.24) is 14.8 Å². The van der Waals surface area contributed by atoms with Gasteiger partial charge in [-0.05, 0) is 62.7 Å². The van der Waals surface area contributed by atoms with Crippen LogP contribution in [-0.2, 0) is 11.4 Å². The van der Waals surface area contributed by atoms with Gasteiger partial charge in [-0.3, -0.25) is 9.36 Å². The fraction of sp³-hybridized carbons (Fsp3) is 0.286. The van der Waals surface area contributed by atoms with Crippen LogP contribution in [0.1, 0.15) is 25.2 Å². The molecule has 29 heavy (non-hydrogen) atoms. The quantitative estimate of drug-likeness (QED) is 0.473. The number of rotatable bonds is 8. The largest absolute Gasteiger partial charge is 0.497 e. The summed E-state index contributed by atoms with van der Waals surface area (Å²) >= 11 is 7.69.